The molecule has 0 heterocycles. The molecule has 5 heteroatoms. The summed E-state index contributed by atoms with van der Waals surface area (Å²) in [5.41, 5.74) is 4.66. The molecule has 3 N–H and O–H groups in total. The fraction of sp³-hybridized carbons (Fsp3) is 0.667. The van der Waals surface area contributed by atoms with Crippen molar-refractivity contribution in [3.63, 3.8) is 0 Å². The Morgan fingerprint density at radius 3 is 1.62 bits per heavy atom. The number of nitrogens with two attached hydrogens (primary N) is 1. The Hall–Kier alpha value is 1.07. The van der Waals surface area contributed by atoms with Crippen molar-refractivity contribution in [1.29, 1.82) is 0 Å². The van der Waals surface area contributed by atoms with Gasteiger partial charge in [0, 0.05) is 0 Å². The van der Waals surface area contributed by atoms with E-state index in [1.807, 2.05) is 14.1 Å². The second-order valence-corrected chi connectivity index (χ2v) is 1.96. The first-order valence-electron chi connectivity index (χ1n) is 1.70. The first-order valence-corrected chi connectivity index (χ1v) is 2.51. The summed E-state index contributed by atoms with van der Waals surface area (Å²) < 4.78 is 0.0833. The van der Waals surface area contributed by atoms with Crippen LogP contribution < -0.4 is 40.6 Å². The summed E-state index contributed by atoms with van der Waals surface area (Å²) in [5.74, 6) is 0. The van der Waals surface area contributed by atoms with E-state index in [4.69, 9.17) is 0 Å². The molecule has 0 aliphatic heterocycles. The first kappa shape index (κ1) is 16.0. The van der Waals surface area contributed by atoms with E-state index < -0.39 is 0 Å². The third-order valence-corrected chi connectivity index (χ3v) is 0. The molecule has 0 aliphatic rings. The van der Waals surface area contributed by atoms with Crippen molar-refractivity contribution in [2.75, 3.05) is 14.1 Å². The number of hydrogen-bond donors (Lipinski definition) is 2. The summed E-state index contributed by atoms with van der Waals surface area (Å²) in [6.07, 6.45) is 0. The zero-order chi connectivity index (χ0) is 6.28. The monoisotopic (exact) mass is 160 g/mol. The van der Waals surface area contributed by atoms with E-state index >= 15 is 0 Å². The summed E-state index contributed by atoms with van der Waals surface area (Å²) in [6, 6.07) is 0. The molecule has 0 spiro atoms. The number of rotatable bonds is 0. The third-order valence-electron chi connectivity index (χ3n) is 0. The zero-order valence-corrected chi connectivity index (χ0v) is 9.03. The molecule has 0 saturated carbocycles. The number of thiocarbonyl (C=S) groups is 1. The van der Waals surface area contributed by atoms with Gasteiger partial charge in [0.2, 0.25) is 0 Å². The molecule has 0 unspecified atom stereocenters. The number of nitrogens with one attached hydrogen (secondary N) is 1. The van der Waals surface area contributed by atoms with Crippen LogP contribution in [0, 0.1) is 0 Å². The van der Waals surface area contributed by atoms with Gasteiger partial charge in [-0.1, -0.05) is 4.32 Å². The minimum Gasteiger partial charge on any atom is -0.415 e. The number of hydrogen-bond acceptors (Lipinski definition) is 3. The molecule has 2 nitrogen and oxygen atoms in total. The van der Waals surface area contributed by atoms with E-state index in [0.29, 0.717) is 0 Å². The zero-order valence-electron chi connectivity index (χ0n) is 5.39. The van der Waals surface area contributed by atoms with Crippen LogP contribution in [0.2, 0.25) is 0 Å². The van der Waals surface area contributed by atoms with Crippen LogP contribution in [-0.2, 0) is 12.6 Å². The molecule has 0 rings (SSSR count). The van der Waals surface area contributed by atoms with E-state index in [-0.39, 0.29) is 33.9 Å². The van der Waals surface area contributed by atoms with Gasteiger partial charge in [-0.15, -0.1) is 0 Å². The van der Waals surface area contributed by atoms with Gasteiger partial charge in [0.1, 0.15) is 0 Å². The molecule has 0 bridgehead atoms. The summed E-state index contributed by atoms with van der Waals surface area (Å²) >= 11 is 8.26. The predicted molar refractivity (Wildman–Crippen MR) is 39.1 cm³/mol. The van der Waals surface area contributed by atoms with Crippen LogP contribution in [0.25, 0.3) is 0 Å². The summed E-state index contributed by atoms with van der Waals surface area (Å²) in [5, 5.41) is 2.75. The second kappa shape index (κ2) is 15.7. The molecule has 8 heavy (non-hydrogen) atoms. The van der Waals surface area contributed by atoms with Gasteiger partial charge in [-0.05, 0) is 14.1 Å². The van der Waals surface area contributed by atoms with E-state index in [1.54, 1.807) is 0 Å². The molecule has 0 atom stereocenters. The normalized spacial score (nSPS) is 5.25. The van der Waals surface area contributed by atoms with Crippen molar-refractivity contribution in [2.24, 2.45) is 5.73 Å². The Bertz CT molecular complexity index is 46.5. The van der Waals surface area contributed by atoms with Crippen LogP contribution in [-0.4, -0.2) is 18.4 Å². The topological polar surface area (TPSA) is 38.0 Å². The predicted octanol–water partition coefficient (Wildman–Crippen LogP) is -3.38. The fourth-order valence-corrected chi connectivity index (χ4v) is 0. The van der Waals surface area contributed by atoms with Crippen LogP contribution in [0.4, 0.5) is 0 Å². The summed E-state index contributed by atoms with van der Waals surface area (Å²) in [4.78, 5) is 0. The van der Waals surface area contributed by atoms with E-state index in [1.165, 1.54) is 0 Å². The van der Waals surface area contributed by atoms with Crippen molar-refractivity contribution in [2.45, 2.75) is 0 Å². The van der Waals surface area contributed by atoms with Gasteiger partial charge in [-0.2, -0.15) is 0 Å². The maximum atomic E-state index is 4.66. The first-order chi connectivity index (χ1) is 3.15. The molecule has 0 amide bonds. The van der Waals surface area contributed by atoms with Crippen molar-refractivity contribution in [1.82, 2.24) is 5.32 Å². The average molecular weight is 160 g/mol. The Morgan fingerprint density at radius 1 is 1.62 bits per heavy atom. The van der Waals surface area contributed by atoms with Crippen molar-refractivity contribution >= 4 is 29.2 Å². The standard InChI is InChI=1S/C2H7N.CH3NS2.Na/c1-3-2;2-1(3)4;/h3H,1-2H3;(H3,2,3,4);/q;;+1/p-1. The summed E-state index contributed by atoms with van der Waals surface area (Å²) in [7, 11) is 3.75. The quantitative estimate of drug-likeness (QED) is 0.220. The van der Waals surface area contributed by atoms with Gasteiger partial charge in [-0.25, -0.2) is 0 Å². The minimum atomic E-state index is 0. The van der Waals surface area contributed by atoms with Crippen LogP contribution in [0.15, 0.2) is 0 Å². The van der Waals surface area contributed by atoms with Gasteiger partial charge in [-0.3, -0.25) is 0 Å². The van der Waals surface area contributed by atoms with Crippen LogP contribution in [0.1, 0.15) is 0 Å². The molecule has 0 aromatic heterocycles. The van der Waals surface area contributed by atoms with Crippen molar-refractivity contribution in [3.8, 4) is 0 Å². The van der Waals surface area contributed by atoms with E-state index in [2.05, 4.69) is 35.9 Å². The largest absolute Gasteiger partial charge is 1.00 e. The molecular weight excluding hydrogens is 151 g/mol. The molecule has 0 aliphatic carbocycles. The van der Waals surface area contributed by atoms with Crippen molar-refractivity contribution < 1.29 is 29.6 Å². The Kier molecular flexibility index (Phi) is 31.4. The molecule has 44 valence electrons. The fourth-order valence-electron chi connectivity index (χ4n) is 0. The Balaban J connectivity index is -0.0000000575. The average Bonchev–Trinajstić information content (AvgIpc) is 1.33. The van der Waals surface area contributed by atoms with E-state index in [0.717, 1.165) is 0 Å². The van der Waals surface area contributed by atoms with E-state index in [9.17, 15) is 0 Å². The third kappa shape index (κ3) is 228. The van der Waals surface area contributed by atoms with Crippen LogP contribution in [0.3, 0.4) is 0 Å². The smallest absolute Gasteiger partial charge is 0.415 e. The molecule has 0 fully saturated rings. The minimum absolute atomic E-state index is 0. The second-order valence-electron chi connectivity index (χ2n) is 0.819. The maximum absolute atomic E-state index is 4.66. The Morgan fingerprint density at radius 2 is 1.62 bits per heavy atom. The molecule has 0 aromatic rings. The van der Waals surface area contributed by atoms with Gasteiger partial charge in [0.05, 0.1) is 0 Å². The van der Waals surface area contributed by atoms with Gasteiger partial charge in [0.25, 0.3) is 0 Å². The SMILES string of the molecule is CNC.NC(=S)[S-].[Na+]. The summed E-state index contributed by atoms with van der Waals surface area (Å²) in [6.45, 7) is 0. The van der Waals surface area contributed by atoms with Crippen LogP contribution in [0.5, 0.6) is 0 Å². The molecule has 0 saturated heterocycles. The molecule has 0 radical (unpaired) electrons. The van der Waals surface area contributed by atoms with Crippen molar-refractivity contribution in [3.05, 3.63) is 0 Å². The van der Waals surface area contributed by atoms with Gasteiger partial charge < -0.3 is 35.9 Å². The van der Waals surface area contributed by atoms with Gasteiger partial charge >= 0.3 is 29.6 Å². The molecule has 0 aromatic carbocycles. The van der Waals surface area contributed by atoms with Crippen LogP contribution >= 0.6 is 12.2 Å². The maximum Gasteiger partial charge on any atom is 1.00 e. The Labute approximate surface area is 83.3 Å². The van der Waals surface area contributed by atoms with Gasteiger partial charge in [0.15, 0.2) is 0 Å². The molecular formula is C3H9N2NaS2.